The Morgan fingerprint density at radius 3 is 2.78 bits per heavy atom. The number of rotatable bonds is 6. The lowest BCUT2D eigenvalue weighted by Gasteiger charge is -2.20. The maximum absolute atomic E-state index is 13.5. The number of carbonyl (C=O) groups is 1. The summed E-state index contributed by atoms with van der Waals surface area (Å²) in [6.07, 6.45) is 1.58. The molecule has 2 aromatic rings. The normalized spacial score (nSPS) is 17.3. The van der Waals surface area contributed by atoms with E-state index < -0.39 is 5.92 Å². The Balaban J connectivity index is 1.74. The Bertz CT molecular complexity index is 878. The van der Waals surface area contributed by atoms with Gasteiger partial charge in [0.1, 0.15) is 11.7 Å². The summed E-state index contributed by atoms with van der Waals surface area (Å²) in [6.45, 7) is 5.10. The molecule has 0 saturated carbocycles. The van der Waals surface area contributed by atoms with E-state index in [0.717, 1.165) is 23.5 Å². The second-order valence-corrected chi connectivity index (χ2v) is 7.28. The molecule has 0 saturated heterocycles. The summed E-state index contributed by atoms with van der Waals surface area (Å²) in [5.41, 5.74) is 4.17. The van der Waals surface area contributed by atoms with Crippen molar-refractivity contribution in [1.29, 1.82) is 0 Å². The van der Waals surface area contributed by atoms with Gasteiger partial charge < -0.3 is 15.5 Å². The predicted octanol–water partition coefficient (Wildman–Crippen LogP) is 3.93. The minimum Gasteiger partial charge on any atom is -0.381 e. The molecule has 0 aliphatic carbocycles. The van der Waals surface area contributed by atoms with Crippen LogP contribution in [0.25, 0.3) is 0 Å². The lowest BCUT2D eigenvalue weighted by atomic mass is 10.0. The van der Waals surface area contributed by atoms with E-state index >= 15 is 0 Å². The average Bonchev–Trinajstić information content (AvgIpc) is 2.89. The van der Waals surface area contributed by atoms with Gasteiger partial charge in [-0.3, -0.25) is 9.79 Å². The first-order valence-electron chi connectivity index (χ1n) is 9.00. The summed E-state index contributed by atoms with van der Waals surface area (Å²) >= 11 is 0. The number of hydrogen-bond donors (Lipinski definition) is 2. The van der Waals surface area contributed by atoms with E-state index in [0.29, 0.717) is 17.3 Å². The van der Waals surface area contributed by atoms with Crippen LogP contribution >= 0.6 is 0 Å². The number of anilines is 2. The number of aryl methyl sites for hydroxylation is 1. The zero-order valence-corrected chi connectivity index (χ0v) is 16.1. The monoisotopic (exact) mass is 368 g/mol. The van der Waals surface area contributed by atoms with Gasteiger partial charge in [-0.1, -0.05) is 0 Å². The van der Waals surface area contributed by atoms with Crippen molar-refractivity contribution in [3.8, 4) is 0 Å². The molecule has 27 heavy (non-hydrogen) atoms. The largest absolute Gasteiger partial charge is 0.381 e. The molecule has 1 amide bonds. The van der Waals surface area contributed by atoms with E-state index in [-0.39, 0.29) is 11.7 Å². The second-order valence-electron chi connectivity index (χ2n) is 7.28. The first-order valence-corrected chi connectivity index (χ1v) is 9.00. The van der Waals surface area contributed by atoms with Gasteiger partial charge in [0.15, 0.2) is 0 Å². The van der Waals surface area contributed by atoms with Crippen molar-refractivity contribution in [3.05, 3.63) is 53.3 Å². The first kappa shape index (κ1) is 19.0. The first-order chi connectivity index (χ1) is 12.8. The van der Waals surface area contributed by atoms with Crippen LogP contribution in [0.3, 0.4) is 0 Å². The molecular formula is C21H25FN4O. The van der Waals surface area contributed by atoms with Crippen molar-refractivity contribution >= 4 is 29.2 Å². The van der Waals surface area contributed by atoms with Crippen LogP contribution in [0.4, 0.5) is 21.5 Å². The number of likely N-dealkylation sites (N-methyl/N-ethyl adjacent to an activating group) is 1. The number of hydrogen-bond acceptors (Lipinski definition) is 4. The van der Waals surface area contributed by atoms with E-state index in [9.17, 15) is 9.18 Å². The van der Waals surface area contributed by atoms with Gasteiger partial charge in [0, 0.05) is 30.2 Å². The van der Waals surface area contributed by atoms with Gasteiger partial charge >= 0.3 is 0 Å². The Kier molecular flexibility index (Phi) is 5.56. The number of amides is 1. The summed E-state index contributed by atoms with van der Waals surface area (Å²) in [7, 11) is 4.10. The molecule has 1 heterocycles. The number of halogens is 1. The van der Waals surface area contributed by atoms with Crippen LogP contribution in [0.1, 0.15) is 24.0 Å². The quantitative estimate of drug-likeness (QED) is 0.760. The lowest BCUT2D eigenvalue weighted by molar-refractivity contribution is -0.115. The Morgan fingerprint density at radius 2 is 2.07 bits per heavy atom. The number of carbonyl (C=O) groups excluding carboxylic acids is 1. The van der Waals surface area contributed by atoms with Gasteiger partial charge in [-0.05, 0) is 75.5 Å². The molecule has 5 nitrogen and oxygen atoms in total. The van der Waals surface area contributed by atoms with Gasteiger partial charge in [-0.25, -0.2) is 4.39 Å². The number of aliphatic imine (C=N–C) groups is 1. The molecule has 0 radical (unpaired) electrons. The van der Waals surface area contributed by atoms with Gasteiger partial charge in [-0.15, -0.1) is 0 Å². The van der Waals surface area contributed by atoms with Crippen LogP contribution in [0, 0.1) is 12.7 Å². The zero-order chi connectivity index (χ0) is 19.6. The van der Waals surface area contributed by atoms with Crippen LogP contribution in [0.5, 0.6) is 0 Å². The Hall–Kier alpha value is -2.73. The number of nitrogens with one attached hydrogen (secondary N) is 2. The highest BCUT2D eigenvalue weighted by Gasteiger charge is 2.29. The molecule has 0 spiro atoms. The van der Waals surface area contributed by atoms with E-state index in [1.54, 1.807) is 12.3 Å². The molecule has 2 unspecified atom stereocenters. The fourth-order valence-electron chi connectivity index (χ4n) is 3.31. The van der Waals surface area contributed by atoms with E-state index in [1.165, 1.54) is 12.1 Å². The molecule has 2 N–H and O–H groups in total. The van der Waals surface area contributed by atoms with E-state index in [1.807, 2.05) is 39.2 Å². The number of benzene rings is 2. The predicted molar refractivity (Wildman–Crippen MR) is 109 cm³/mol. The van der Waals surface area contributed by atoms with E-state index in [2.05, 4.69) is 27.4 Å². The van der Waals surface area contributed by atoms with Crippen LogP contribution in [-0.2, 0) is 4.79 Å². The summed E-state index contributed by atoms with van der Waals surface area (Å²) in [5.74, 6) is -1.12. The van der Waals surface area contributed by atoms with Gasteiger partial charge in [-0.2, -0.15) is 0 Å². The summed E-state index contributed by atoms with van der Waals surface area (Å²) in [4.78, 5) is 18.7. The van der Waals surface area contributed by atoms with Gasteiger partial charge in [0.05, 0.1) is 5.69 Å². The maximum Gasteiger partial charge on any atom is 0.237 e. The smallest absolute Gasteiger partial charge is 0.237 e. The molecule has 1 aliphatic rings. The zero-order valence-electron chi connectivity index (χ0n) is 16.1. The Labute approximate surface area is 159 Å². The number of fused-ring (bicyclic) bond motifs is 1. The van der Waals surface area contributed by atoms with Gasteiger partial charge in [0.2, 0.25) is 5.91 Å². The molecule has 3 rings (SSSR count). The summed E-state index contributed by atoms with van der Waals surface area (Å²) in [6, 6.07) is 10.5. The minimum absolute atomic E-state index is 0.188. The maximum atomic E-state index is 13.5. The van der Waals surface area contributed by atoms with Crippen molar-refractivity contribution in [2.45, 2.75) is 25.8 Å². The fourth-order valence-corrected chi connectivity index (χ4v) is 3.31. The van der Waals surface area contributed by atoms with Crippen molar-refractivity contribution in [2.75, 3.05) is 31.3 Å². The molecule has 2 aromatic carbocycles. The highest BCUT2D eigenvalue weighted by atomic mass is 19.1. The minimum atomic E-state index is -0.575. The van der Waals surface area contributed by atoms with Crippen LogP contribution < -0.4 is 10.6 Å². The van der Waals surface area contributed by atoms with Crippen molar-refractivity contribution in [1.82, 2.24) is 4.90 Å². The molecule has 1 aliphatic heterocycles. The summed E-state index contributed by atoms with van der Waals surface area (Å²) in [5, 5.41) is 6.25. The van der Waals surface area contributed by atoms with Crippen LogP contribution in [0.2, 0.25) is 0 Å². The third-order valence-corrected chi connectivity index (χ3v) is 4.51. The standard InChI is InChI=1S/C21H25FN4O/c1-13-9-16(6-8-19(13)24-14(2)12-26(3)4)23-11-18-17-10-15(22)5-7-20(17)25-21(18)27/h5-11,14,18,24H,12H2,1-4H3,(H,25,27). The molecular weight excluding hydrogens is 343 g/mol. The molecule has 0 aromatic heterocycles. The third-order valence-electron chi connectivity index (χ3n) is 4.51. The average molecular weight is 368 g/mol. The van der Waals surface area contributed by atoms with Crippen LogP contribution in [0.15, 0.2) is 41.4 Å². The molecule has 0 fully saturated rings. The summed E-state index contributed by atoms with van der Waals surface area (Å²) < 4.78 is 13.5. The highest BCUT2D eigenvalue weighted by molar-refractivity contribution is 6.12. The highest BCUT2D eigenvalue weighted by Crippen LogP contribution is 2.32. The van der Waals surface area contributed by atoms with Crippen LogP contribution in [-0.4, -0.2) is 43.7 Å². The van der Waals surface area contributed by atoms with Gasteiger partial charge in [0.25, 0.3) is 0 Å². The SMILES string of the molecule is Cc1cc(N=CC2C(=O)Nc3ccc(F)cc32)ccc1NC(C)CN(C)C. The third kappa shape index (κ3) is 4.52. The molecule has 2 atom stereocenters. The topological polar surface area (TPSA) is 56.7 Å². The van der Waals surface area contributed by atoms with E-state index in [4.69, 9.17) is 0 Å². The van der Waals surface area contributed by atoms with Crippen molar-refractivity contribution in [2.24, 2.45) is 4.99 Å². The molecule has 0 bridgehead atoms. The van der Waals surface area contributed by atoms with Crippen molar-refractivity contribution < 1.29 is 9.18 Å². The molecule has 142 valence electrons. The second kappa shape index (κ2) is 7.88. The lowest BCUT2D eigenvalue weighted by Crippen LogP contribution is -2.29. The fraction of sp³-hybridized carbons (Fsp3) is 0.333. The van der Waals surface area contributed by atoms with Crippen molar-refractivity contribution in [3.63, 3.8) is 0 Å². The number of nitrogens with zero attached hydrogens (tertiary/aromatic N) is 2. The molecule has 6 heteroatoms. The Morgan fingerprint density at radius 1 is 1.30 bits per heavy atom.